The average Bonchev–Trinajstić information content (AvgIpc) is 2.07. The molecule has 0 bridgehead atoms. The van der Waals surface area contributed by atoms with E-state index in [1.54, 1.807) is 0 Å². The average molecular weight is 202 g/mol. The molecule has 1 rings (SSSR count). The van der Waals surface area contributed by atoms with Crippen molar-refractivity contribution in [1.29, 1.82) is 0 Å². The zero-order valence-corrected chi connectivity index (χ0v) is 8.78. The highest BCUT2D eigenvalue weighted by atomic mass is 35.5. The fourth-order valence-corrected chi connectivity index (χ4v) is 1.28. The first-order valence-corrected chi connectivity index (χ1v) is 4.32. The highest BCUT2D eigenvalue weighted by molar-refractivity contribution is 4.84. The quantitative estimate of drug-likeness (QED) is 0.572. The molecule has 1 heterocycles. The summed E-state index contributed by atoms with van der Waals surface area (Å²) in [5.41, 5.74) is 0. The first kappa shape index (κ1) is 12.4. The Kier molecular flexibility index (Phi) is 5.67. The van der Waals surface area contributed by atoms with Crippen molar-refractivity contribution in [2.75, 3.05) is 6.61 Å². The van der Waals surface area contributed by atoms with E-state index in [1.807, 2.05) is 35.2 Å². The highest BCUT2D eigenvalue weighted by Crippen LogP contribution is 2.08. The van der Waals surface area contributed by atoms with Gasteiger partial charge in [-0.2, -0.15) is 4.57 Å². The summed E-state index contributed by atoms with van der Waals surface area (Å²) in [6.07, 6.45) is 3.97. The van der Waals surface area contributed by atoms with Crippen LogP contribution in [0.4, 0.5) is 0 Å². The number of aliphatic hydroxyl groups excluding tert-OH is 1. The molecule has 0 aromatic carbocycles. The minimum absolute atomic E-state index is 0. The molecule has 1 atom stereocenters. The Morgan fingerprint density at radius 3 is 2.08 bits per heavy atom. The second kappa shape index (κ2) is 5.95. The zero-order valence-electron chi connectivity index (χ0n) is 8.02. The van der Waals surface area contributed by atoms with E-state index in [4.69, 9.17) is 5.11 Å². The van der Waals surface area contributed by atoms with Gasteiger partial charge in [-0.25, -0.2) is 0 Å². The summed E-state index contributed by atoms with van der Waals surface area (Å²) in [6, 6.07) is 6.13. The van der Waals surface area contributed by atoms with Crippen molar-refractivity contribution in [1.82, 2.24) is 0 Å². The Morgan fingerprint density at radius 2 is 1.69 bits per heavy atom. The van der Waals surface area contributed by atoms with Gasteiger partial charge in [-0.05, 0) is 0 Å². The fraction of sp³-hybridized carbons (Fsp3) is 0.500. The molecule has 0 amide bonds. The maximum Gasteiger partial charge on any atom is 0.183 e. The first-order chi connectivity index (χ1) is 5.75. The van der Waals surface area contributed by atoms with Gasteiger partial charge in [-0.15, -0.1) is 0 Å². The molecule has 2 nitrogen and oxygen atoms in total. The molecule has 0 aliphatic carbocycles. The van der Waals surface area contributed by atoms with Crippen LogP contribution in [-0.2, 0) is 0 Å². The summed E-state index contributed by atoms with van der Waals surface area (Å²) >= 11 is 0. The van der Waals surface area contributed by atoms with E-state index in [2.05, 4.69) is 13.8 Å². The van der Waals surface area contributed by atoms with E-state index >= 15 is 0 Å². The van der Waals surface area contributed by atoms with Crippen molar-refractivity contribution >= 4 is 0 Å². The van der Waals surface area contributed by atoms with Gasteiger partial charge >= 0.3 is 0 Å². The smallest absolute Gasteiger partial charge is 0.183 e. The van der Waals surface area contributed by atoms with Gasteiger partial charge in [0.15, 0.2) is 18.4 Å². The summed E-state index contributed by atoms with van der Waals surface area (Å²) in [7, 11) is 0. The number of aliphatic hydroxyl groups is 1. The number of pyridine rings is 1. The van der Waals surface area contributed by atoms with Crippen LogP contribution in [0, 0.1) is 5.92 Å². The lowest BCUT2D eigenvalue weighted by Crippen LogP contribution is -3.00. The number of hydrogen-bond acceptors (Lipinski definition) is 1. The molecule has 1 unspecified atom stereocenters. The van der Waals surface area contributed by atoms with Crippen molar-refractivity contribution in [3.63, 3.8) is 0 Å². The van der Waals surface area contributed by atoms with Gasteiger partial charge in [0.05, 0.1) is 0 Å². The maximum atomic E-state index is 9.13. The van der Waals surface area contributed by atoms with Gasteiger partial charge < -0.3 is 17.5 Å². The number of halogens is 1. The summed E-state index contributed by atoms with van der Waals surface area (Å²) in [5, 5.41) is 9.13. The van der Waals surface area contributed by atoms with Crippen LogP contribution in [0.15, 0.2) is 30.6 Å². The van der Waals surface area contributed by atoms with Crippen molar-refractivity contribution in [3.8, 4) is 0 Å². The van der Waals surface area contributed by atoms with E-state index in [0.29, 0.717) is 5.92 Å². The number of aromatic nitrogens is 1. The predicted octanol–water partition coefficient (Wildman–Crippen LogP) is -1.83. The SMILES string of the molecule is CC(C)C(CO)[n+]1ccccc1.[Cl-]. The number of hydrogen-bond donors (Lipinski definition) is 1. The zero-order chi connectivity index (χ0) is 8.97. The van der Waals surface area contributed by atoms with Crippen molar-refractivity contribution in [3.05, 3.63) is 30.6 Å². The maximum absolute atomic E-state index is 9.13. The molecular formula is C10H16ClNO. The molecule has 74 valence electrons. The third-order valence-electron chi connectivity index (χ3n) is 2.08. The first-order valence-electron chi connectivity index (χ1n) is 4.32. The summed E-state index contributed by atoms with van der Waals surface area (Å²) < 4.78 is 2.05. The van der Waals surface area contributed by atoms with Gasteiger partial charge in [0.25, 0.3) is 0 Å². The van der Waals surface area contributed by atoms with Crippen molar-refractivity contribution < 1.29 is 22.1 Å². The molecule has 3 heteroatoms. The molecule has 0 spiro atoms. The minimum Gasteiger partial charge on any atom is -1.00 e. The molecule has 0 saturated heterocycles. The Morgan fingerprint density at radius 1 is 1.15 bits per heavy atom. The van der Waals surface area contributed by atoms with Gasteiger partial charge in [0, 0.05) is 18.1 Å². The Bertz CT molecular complexity index is 226. The second-order valence-electron chi connectivity index (χ2n) is 3.32. The fourth-order valence-electron chi connectivity index (χ4n) is 1.28. The predicted molar refractivity (Wildman–Crippen MR) is 47.6 cm³/mol. The molecule has 1 N–H and O–H groups in total. The Balaban J connectivity index is 0.00000144. The number of rotatable bonds is 3. The normalized spacial score (nSPS) is 12.3. The highest BCUT2D eigenvalue weighted by Gasteiger charge is 2.20. The van der Waals surface area contributed by atoms with E-state index in [1.165, 1.54) is 0 Å². The summed E-state index contributed by atoms with van der Waals surface area (Å²) in [4.78, 5) is 0. The molecule has 1 aromatic heterocycles. The van der Waals surface area contributed by atoms with Crippen LogP contribution < -0.4 is 17.0 Å². The van der Waals surface area contributed by atoms with Crippen LogP contribution in [0.25, 0.3) is 0 Å². The van der Waals surface area contributed by atoms with E-state index in [0.717, 1.165) is 0 Å². The monoisotopic (exact) mass is 201 g/mol. The van der Waals surface area contributed by atoms with Crippen LogP contribution in [0.1, 0.15) is 19.9 Å². The van der Waals surface area contributed by atoms with Crippen LogP contribution in [-0.4, -0.2) is 11.7 Å². The second-order valence-corrected chi connectivity index (χ2v) is 3.32. The molecule has 0 saturated carbocycles. The topological polar surface area (TPSA) is 24.1 Å². The van der Waals surface area contributed by atoms with E-state index in [9.17, 15) is 0 Å². The molecule has 0 fully saturated rings. The molecule has 0 aliphatic heterocycles. The standard InChI is InChI=1S/C10H16NO.ClH/c1-9(2)10(8-12)11-6-4-3-5-7-11;/h3-7,9-10,12H,8H2,1-2H3;1H/q+1;/p-1. The number of nitrogens with zero attached hydrogens (tertiary/aromatic N) is 1. The third kappa shape index (κ3) is 3.33. The van der Waals surface area contributed by atoms with E-state index < -0.39 is 0 Å². The van der Waals surface area contributed by atoms with Crippen molar-refractivity contribution in [2.24, 2.45) is 5.92 Å². The van der Waals surface area contributed by atoms with Crippen LogP contribution in [0.5, 0.6) is 0 Å². The van der Waals surface area contributed by atoms with Gasteiger partial charge in [0.1, 0.15) is 6.61 Å². The molecule has 0 aliphatic rings. The lowest BCUT2D eigenvalue weighted by atomic mass is 10.1. The Labute approximate surface area is 85.6 Å². The summed E-state index contributed by atoms with van der Waals surface area (Å²) in [6.45, 7) is 4.42. The lowest BCUT2D eigenvalue weighted by Gasteiger charge is -2.12. The van der Waals surface area contributed by atoms with Crippen molar-refractivity contribution in [2.45, 2.75) is 19.9 Å². The molecule has 1 aromatic rings. The molecular weight excluding hydrogens is 186 g/mol. The third-order valence-corrected chi connectivity index (χ3v) is 2.08. The van der Waals surface area contributed by atoms with Crippen LogP contribution in [0.3, 0.4) is 0 Å². The van der Waals surface area contributed by atoms with Crippen LogP contribution >= 0.6 is 0 Å². The lowest BCUT2D eigenvalue weighted by molar-refractivity contribution is -0.730. The molecule has 0 radical (unpaired) electrons. The summed E-state index contributed by atoms with van der Waals surface area (Å²) in [5.74, 6) is 0.461. The molecule has 13 heavy (non-hydrogen) atoms. The minimum atomic E-state index is 0. The van der Waals surface area contributed by atoms with Gasteiger partial charge in [-0.1, -0.05) is 19.9 Å². The largest absolute Gasteiger partial charge is 1.00 e. The van der Waals surface area contributed by atoms with Gasteiger partial charge in [-0.3, -0.25) is 0 Å². The Hall–Kier alpha value is -0.600. The van der Waals surface area contributed by atoms with E-state index in [-0.39, 0.29) is 25.1 Å². The van der Waals surface area contributed by atoms with Crippen LogP contribution in [0.2, 0.25) is 0 Å². The van der Waals surface area contributed by atoms with Gasteiger partial charge in [0.2, 0.25) is 0 Å².